The molecule has 18 heavy (non-hydrogen) atoms. The fourth-order valence-electron chi connectivity index (χ4n) is 3.32. The highest BCUT2D eigenvalue weighted by Crippen LogP contribution is 2.22. The van der Waals surface area contributed by atoms with Gasteiger partial charge in [-0.25, -0.2) is 0 Å². The molecule has 2 fully saturated rings. The third kappa shape index (κ3) is 3.14. The van der Waals surface area contributed by atoms with Gasteiger partial charge in [-0.1, -0.05) is 11.6 Å². The van der Waals surface area contributed by atoms with Gasteiger partial charge >= 0.3 is 0 Å². The SMILES string of the molecule is CN1CCCCC1CCN1CCCC1C(N)=NO. The van der Waals surface area contributed by atoms with Crippen LogP contribution in [-0.2, 0) is 0 Å². The van der Waals surface area contributed by atoms with Crippen LogP contribution in [-0.4, -0.2) is 59.6 Å². The Kier molecular flexibility index (Phi) is 4.83. The first-order chi connectivity index (χ1) is 8.72. The number of rotatable bonds is 4. The molecule has 0 saturated carbocycles. The molecule has 0 bridgehead atoms. The molecule has 0 aliphatic carbocycles. The second kappa shape index (κ2) is 6.38. The number of amidine groups is 1. The van der Waals surface area contributed by atoms with Gasteiger partial charge in [-0.2, -0.15) is 0 Å². The van der Waals surface area contributed by atoms with Gasteiger partial charge in [-0.05, 0) is 52.2 Å². The highest BCUT2D eigenvalue weighted by molar-refractivity contribution is 5.85. The predicted octanol–water partition coefficient (Wildman–Crippen LogP) is 1.07. The number of hydrogen-bond acceptors (Lipinski definition) is 4. The van der Waals surface area contributed by atoms with Crippen molar-refractivity contribution in [2.24, 2.45) is 10.9 Å². The zero-order valence-electron chi connectivity index (χ0n) is 11.4. The van der Waals surface area contributed by atoms with E-state index in [-0.39, 0.29) is 6.04 Å². The summed E-state index contributed by atoms with van der Waals surface area (Å²) in [5.41, 5.74) is 5.75. The summed E-state index contributed by atoms with van der Waals surface area (Å²) in [5, 5.41) is 12.0. The molecule has 104 valence electrons. The molecule has 0 aromatic heterocycles. The molecule has 0 amide bonds. The van der Waals surface area contributed by atoms with E-state index in [1.54, 1.807) is 0 Å². The third-order valence-corrected chi connectivity index (χ3v) is 4.49. The van der Waals surface area contributed by atoms with E-state index < -0.39 is 0 Å². The van der Waals surface area contributed by atoms with Crippen molar-refractivity contribution in [3.8, 4) is 0 Å². The van der Waals surface area contributed by atoms with Crippen LogP contribution in [0.5, 0.6) is 0 Å². The van der Waals surface area contributed by atoms with Crippen molar-refractivity contribution < 1.29 is 5.21 Å². The lowest BCUT2D eigenvalue weighted by molar-refractivity contribution is 0.156. The fraction of sp³-hybridized carbons (Fsp3) is 0.923. The Hall–Kier alpha value is -0.810. The molecule has 2 aliphatic heterocycles. The summed E-state index contributed by atoms with van der Waals surface area (Å²) in [7, 11) is 2.23. The van der Waals surface area contributed by atoms with Crippen LogP contribution in [0.25, 0.3) is 0 Å². The van der Waals surface area contributed by atoms with Gasteiger partial charge in [0.2, 0.25) is 0 Å². The quantitative estimate of drug-likeness (QED) is 0.341. The van der Waals surface area contributed by atoms with Crippen molar-refractivity contribution in [1.29, 1.82) is 0 Å². The Bertz CT molecular complexity index is 295. The Morgan fingerprint density at radius 2 is 2.11 bits per heavy atom. The zero-order valence-corrected chi connectivity index (χ0v) is 11.4. The van der Waals surface area contributed by atoms with Crippen LogP contribution < -0.4 is 5.73 Å². The number of oxime groups is 1. The van der Waals surface area contributed by atoms with Gasteiger partial charge in [0.05, 0.1) is 6.04 Å². The third-order valence-electron chi connectivity index (χ3n) is 4.49. The summed E-state index contributed by atoms with van der Waals surface area (Å²) in [6.07, 6.45) is 7.39. The van der Waals surface area contributed by atoms with Gasteiger partial charge in [0.25, 0.3) is 0 Å². The first-order valence-electron chi connectivity index (χ1n) is 7.14. The number of hydrogen-bond donors (Lipinski definition) is 2. The predicted molar refractivity (Wildman–Crippen MR) is 72.9 cm³/mol. The van der Waals surface area contributed by atoms with Gasteiger partial charge in [0.1, 0.15) is 0 Å². The molecule has 2 saturated heterocycles. The topological polar surface area (TPSA) is 65.1 Å². The maximum Gasteiger partial charge on any atom is 0.156 e. The number of piperidine rings is 1. The first-order valence-corrected chi connectivity index (χ1v) is 7.14. The van der Waals surface area contributed by atoms with Crippen LogP contribution >= 0.6 is 0 Å². The molecule has 2 atom stereocenters. The molecule has 2 unspecified atom stereocenters. The Morgan fingerprint density at radius 3 is 2.83 bits per heavy atom. The van der Waals surface area contributed by atoms with Gasteiger partial charge < -0.3 is 15.8 Å². The Morgan fingerprint density at radius 1 is 1.28 bits per heavy atom. The molecule has 2 heterocycles. The van der Waals surface area contributed by atoms with Crippen LogP contribution in [0, 0.1) is 0 Å². The minimum absolute atomic E-state index is 0.156. The van der Waals surface area contributed by atoms with E-state index >= 15 is 0 Å². The highest BCUT2D eigenvalue weighted by atomic mass is 16.4. The number of likely N-dealkylation sites (tertiary alicyclic amines) is 2. The molecule has 0 aromatic carbocycles. The standard InChI is InChI=1S/C13H26N4O/c1-16-8-3-2-5-11(16)7-10-17-9-4-6-12(17)13(14)15-18/h11-12,18H,2-10H2,1H3,(H2,14,15). The average Bonchev–Trinajstić information content (AvgIpc) is 2.85. The lowest BCUT2D eigenvalue weighted by Crippen LogP contribution is -2.44. The molecule has 2 rings (SSSR count). The van der Waals surface area contributed by atoms with Gasteiger partial charge in [0, 0.05) is 12.6 Å². The van der Waals surface area contributed by atoms with E-state index in [1.165, 1.54) is 32.2 Å². The second-order valence-electron chi connectivity index (χ2n) is 5.64. The lowest BCUT2D eigenvalue weighted by Gasteiger charge is -2.34. The molecule has 0 radical (unpaired) electrons. The second-order valence-corrected chi connectivity index (χ2v) is 5.64. The molecular formula is C13H26N4O. The van der Waals surface area contributed by atoms with E-state index in [9.17, 15) is 0 Å². The largest absolute Gasteiger partial charge is 0.409 e. The molecular weight excluding hydrogens is 228 g/mol. The van der Waals surface area contributed by atoms with Crippen LogP contribution in [0.1, 0.15) is 38.5 Å². The maximum atomic E-state index is 8.80. The van der Waals surface area contributed by atoms with Crippen LogP contribution in [0.3, 0.4) is 0 Å². The molecule has 0 spiro atoms. The smallest absolute Gasteiger partial charge is 0.156 e. The number of nitrogens with two attached hydrogens (primary N) is 1. The maximum absolute atomic E-state index is 8.80. The minimum atomic E-state index is 0.156. The molecule has 5 nitrogen and oxygen atoms in total. The first kappa shape index (κ1) is 13.6. The van der Waals surface area contributed by atoms with E-state index in [1.807, 2.05) is 0 Å². The molecule has 2 aliphatic rings. The van der Waals surface area contributed by atoms with Crippen LogP contribution in [0.2, 0.25) is 0 Å². The van der Waals surface area contributed by atoms with Gasteiger partial charge in [-0.3, -0.25) is 4.90 Å². The van der Waals surface area contributed by atoms with E-state index in [0.29, 0.717) is 11.9 Å². The Balaban J connectivity index is 1.81. The zero-order chi connectivity index (χ0) is 13.0. The van der Waals surface area contributed by atoms with Crippen LogP contribution in [0.4, 0.5) is 0 Å². The number of nitrogens with zero attached hydrogens (tertiary/aromatic N) is 3. The monoisotopic (exact) mass is 254 g/mol. The minimum Gasteiger partial charge on any atom is -0.409 e. The van der Waals surface area contributed by atoms with E-state index in [0.717, 1.165) is 25.9 Å². The van der Waals surface area contributed by atoms with E-state index in [2.05, 4.69) is 22.0 Å². The van der Waals surface area contributed by atoms with Crippen molar-refractivity contribution in [2.45, 2.75) is 50.6 Å². The van der Waals surface area contributed by atoms with Crippen molar-refractivity contribution in [2.75, 3.05) is 26.7 Å². The normalized spacial score (nSPS) is 31.9. The highest BCUT2D eigenvalue weighted by Gasteiger charge is 2.29. The fourth-order valence-corrected chi connectivity index (χ4v) is 3.32. The lowest BCUT2D eigenvalue weighted by atomic mass is 10.00. The molecule has 0 aromatic rings. The summed E-state index contributed by atoms with van der Waals surface area (Å²) in [4.78, 5) is 4.86. The van der Waals surface area contributed by atoms with Crippen molar-refractivity contribution >= 4 is 5.84 Å². The van der Waals surface area contributed by atoms with Crippen LogP contribution in [0.15, 0.2) is 5.16 Å². The summed E-state index contributed by atoms with van der Waals surface area (Å²) in [6.45, 7) is 3.38. The van der Waals surface area contributed by atoms with E-state index in [4.69, 9.17) is 10.9 Å². The Labute approximate surface area is 110 Å². The molecule has 3 N–H and O–H groups in total. The molecule has 5 heteroatoms. The average molecular weight is 254 g/mol. The summed E-state index contributed by atoms with van der Waals surface area (Å²) >= 11 is 0. The summed E-state index contributed by atoms with van der Waals surface area (Å²) in [5.74, 6) is 0.379. The summed E-state index contributed by atoms with van der Waals surface area (Å²) < 4.78 is 0. The van der Waals surface area contributed by atoms with Crippen molar-refractivity contribution in [3.63, 3.8) is 0 Å². The van der Waals surface area contributed by atoms with Crippen molar-refractivity contribution in [1.82, 2.24) is 9.80 Å². The van der Waals surface area contributed by atoms with Crippen molar-refractivity contribution in [3.05, 3.63) is 0 Å². The van der Waals surface area contributed by atoms with Gasteiger partial charge in [0.15, 0.2) is 5.84 Å². The summed E-state index contributed by atoms with van der Waals surface area (Å²) in [6, 6.07) is 0.871. The van der Waals surface area contributed by atoms with Gasteiger partial charge in [-0.15, -0.1) is 0 Å².